The van der Waals surface area contributed by atoms with Crippen LogP contribution in [-0.2, 0) is 9.59 Å². The number of fused-ring (bicyclic) bond motifs is 1. The Bertz CT molecular complexity index is 1330. The SMILES string of the molecule is O=C(O)CCC(=O)N1CCC(n2cc(-c3cnc4c(c3)OC(c3c(Cl)ccc(F)c3Cl)N4)cn2)CC1. The maximum absolute atomic E-state index is 14.0. The van der Waals surface area contributed by atoms with Crippen LogP contribution in [0.5, 0.6) is 5.75 Å². The van der Waals surface area contributed by atoms with Crippen LogP contribution in [0.1, 0.15) is 43.5 Å². The predicted octanol–water partition coefficient (Wildman–Crippen LogP) is 4.92. The molecule has 3 aromatic rings. The van der Waals surface area contributed by atoms with Crippen LogP contribution in [0.2, 0.25) is 10.0 Å². The molecule has 4 heterocycles. The molecule has 0 spiro atoms. The number of hydrogen-bond acceptors (Lipinski definition) is 6. The lowest BCUT2D eigenvalue weighted by Gasteiger charge is -2.32. The highest BCUT2D eigenvalue weighted by Crippen LogP contribution is 2.43. The molecule has 0 saturated carbocycles. The first-order valence-corrected chi connectivity index (χ1v) is 12.2. The van der Waals surface area contributed by atoms with Crippen LogP contribution in [0.3, 0.4) is 0 Å². The van der Waals surface area contributed by atoms with E-state index in [2.05, 4.69) is 15.4 Å². The van der Waals surface area contributed by atoms with Gasteiger partial charge < -0.3 is 20.1 Å². The van der Waals surface area contributed by atoms with Gasteiger partial charge in [0.2, 0.25) is 12.1 Å². The average Bonchev–Trinajstić information content (AvgIpc) is 3.52. The quantitative estimate of drug-likeness (QED) is 0.432. The summed E-state index contributed by atoms with van der Waals surface area (Å²) in [5, 5.41) is 16.5. The summed E-state index contributed by atoms with van der Waals surface area (Å²) in [6, 6.07) is 4.58. The molecular weight excluding hydrogens is 512 g/mol. The number of aliphatic carboxylic acids is 1. The molecule has 2 N–H and O–H groups in total. The normalized spacial score (nSPS) is 17.4. The number of piperidine rings is 1. The Balaban J connectivity index is 1.25. The molecule has 2 aliphatic heterocycles. The number of benzene rings is 1. The summed E-state index contributed by atoms with van der Waals surface area (Å²) in [4.78, 5) is 29.0. The molecule has 1 fully saturated rings. The number of halogens is 3. The van der Waals surface area contributed by atoms with Crippen molar-refractivity contribution in [2.45, 2.75) is 38.0 Å². The Kier molecular flexibility index (Phi) is 6.72. The van der Waals surface area contributed by atoms with Crippen molar-refractivity contribution >= 4 is 40.9 Å². The van der Waals surface area contributed by atoms with E-state index in [4.69, 9.17) is 33.0 Å². The van der Waals surface area contributed by atoms with Crippen molar-refractivity contribution < 1.29 is 23.8 Å². The average molecular weight is 534 g/mol. The second-order valence-corrected chi connectivity index (χ2v) is 9.47. The van der Waals surface area contributed by atoms with E-state index in [1.54, 1.807) is 17.3 Å². The number of carboxylic acids is 1. The van der Waals surface area contributed by atoms with Crippen LogP contribution >= 0.6 is 23.2 Å². The summed E-state index contributed by atoms with van der Waals surface area (Å²) in [6.45, 7) is 1.12. The van der Waals surface area contributed by atoms with Crippen molar-refractivity contribution in [1.29, 1.82) is 0 Å². The summed E-state index contributed by atoms with van der Waals surface area (Å²) in [7, 11) is 0. The summed E-state index contributed by atoms with van der Waals surface area (Å²) >= 11 is 12.4. The van der Waals surface area contributed by atoms with Crippen molar-refractivity contribution in [3.05, 3.63) is 58.2 Å². The molecule has 0 bridgehead atoms. The number of ether oxygens (including phenoxy) is 1. The van der Waals surface area contributed by atoms with E-state index in [-0.39, 0.29) is 34.8 Å². The third-order valence-electron chi connectivity index (χ3n) is 6.39. The molecule has 1 amide bonds. The molecule has 1 atom stereocenters. The van der Waals surface area contributed by atoms with Crippen molar-refractivity contribution in [3.63, 3.8) is 0 Å². The molecular formula is C24H22Cl2FN5O4. The summed E-state index contributed by atoms with van der Waals surface area (Å²) in [5.41, 5.74) is 1.94. The van der Waals surface area contributed by atoms with Gasteiger partial charge in [0, 0.05) is 43.0 Å². The van der Waals surface area contributed by atoms with Crippen molar-refractivity contribution in [2.75, 3.05) is 18.4 Å². The highest BCUT2D eigenvalue weighted by Gasteiger charge is 2.30. The van der Waals surface area contributed by atoms with Gasteiger partial charge in [-0.1, -0.05) is 23.2 Å². The maximum atomic E-state index is 14.0. The van der Waals surface area contributed by atoms with Crippen LogP contribution in [-0.4, -0.2) is 49.7 Å². The van der Waals surface area contributed by atoms with Gasteiger partial charge in [0.25, 0.3) is 0 Å². The number of nitrogens with zero attached hydrogens (tertiary/aromatic N) is 4. The molecule has 1 unspecified atom stereocenters. The maximum Gasteiger partial charge on any atom is 0.303 e. The first kappa shape index (κ1) is 24.3. The molecule has 0 aliphatic carbocycles. The zero-order valence-electron chi connectivity index (χ0n) is 19.0. The number of hydrogen-bond donors (Lipinski definition) is 2. The van der Waals surface area contributed by atoms with E-state index in [9.17, 15) is 14.0 Å². The zero-order chi connectivity index (χ0) is 25.4. The smallest absolute Gasteiger partial charge is 0.303 e. The van der Waals surface area contributed by atoms with Gasteiger partial charge in [-0.15, -0.1) is 0 Å². The van der Waals surface area contributed by atoms with Gasteiger partial charge in [-0.05, 0) is 31.0 Å². The Hall–Kier alpha value is -3.37. The van der Waals surface area contributed by atoms with Crippen LogP contribution < -0.4 is 10.1 Å². The number of aromatic nitrogens is 3. The minimum absolute atomic E-state index is 0.0205. The van der Waals surface area contributed by atoms with Gasteiger partial charge in [0.05, 0.1) is 34.3 Å². The Morgan fingerprint density at radius 3 is 2.69 bits per heavy atom. The molecule has 2 aromatic heterocycles. The van der Waals surface area contributed by atoms with Crippen molar-refractivity contribution in [3.8, 4) is 16.9 Å². The van der Waals surface area contributed by atoms with Gasteiger partial charge >= 0.3 is 5.97 Å². The highest BCUT2D eigenvalue weighted by molar-refractivity contribution is 6.36. The highest BCUT2D eigenvalue weighted by atomic mass is 35.5. The van der Waals surface area contributed by atoms with Crippen LogP contribution in [0.25, 0.3) is 11.1 Å². The third-order valence-corrected chi connectivity index (χ3v) is 7.10. The van der Waals surface area contributed by atoms with E-state index in [0.29, 0.717) is 30.2 Å². The van der Waals surface area contributed by atoms with Gasteiger partial charge in [-0.3, -0.25) is 14.3 Å². The van der Waals surface area contributed by atoms with Gasteiger partial charge in [-0.25, -0.2) is 9.37 Å². The van der Waals surface area contributed by atoms with E-state index in [0.717, 1.165) is 24.0 Å². The van der Waals surface area contributed by atoms with Crippen LogP contribution in [0.15, 0.2) is 36.8 Å². The van der Waals surface area contributed by atoms with Crippen LogP contribution in [0, 0.1) is 5.82 Å². The van der Waals surface area contributed by atoms with Gasteiger partial charge in [-0.2, -0.15) is 5.10 Å². The van der Waals surface area contributed by atoms with Crippen molar-refractivity contribution in [2.24, 2.45) is 0 Å². The lowest BCUT2D eigenvalue weighted by molar-refractivity contribution is -0.141. The Morgan fingerprint density at radius 1 is 1.17 bits per heavy atom. The molecule has 2 aliphatic rings. The Labute approximate surface area is 215 Å². The minimum atomic E-state index is -0.971. The fourth-order valence-corrected chi connectivity index (χ4v) is 5.00. The first-order valence-electron chi connectivity index (χ1n) is 11.4. The van der Waals surface area contributed by atoms with E-state index in [1.807, 2.05) is 16.9 Å². The lowest BCUT2D eigenvalue weighted by Crippen LogP contribution is -2.39. The van der Waals surface area contributed by atoms with E-state index < -0.39 is 18.0 Å². The monoisotopic (exact) mass is 533 g/mol. The second kappa shape index (κ2) is 9.94. The van der Waals surface area contributed by atoms with E-state index >= 15 is 0 Å². The number of likely N-dealkylation sites (tertiary alicyclic amines) is 1. The predicted molar refractivity (Wildman–Crippen MR) is 131 cm³/mol. The number of carboxylic acid groups (broad SMARTS) is 1. The summed E-state index contributed by atoms with van der Waals surface area (Å²) in [6.07, 6.45) is 5.91. The topological polar surface area (TPSA) is 110 Å². The number of nitrogens with one attached hydrogen (secondary N) is 1. The van der Waals surface area contributed by atoms with Gasteiger partial charge in [0.15, 0.2) is 11.6 Å². The molecule has 36 heavy (non-hydrogen) atoms. The number of pyridine rings is 1. The molecule has 188 valence electrons. The fourth-order valence-electron chi connectivity index (χ4n) is 4.43. The largest absolute Gasteiger partial charge is 0.481 e. The molecule has 12 heteroatoms. The molecule has 0 radical (unpaired) electrons. The number of carbonyl (C=O) groups excluding carboxylic acids is 1. The standard InChI is InChI=1S/C24H22Cl2FN5O4/c25-16-1-2-17(27)22(26)21(16)24-30-23-18(36-24)9-13(10-28-23)14-11-29-32(12-14)15-5-7-31(8-6-15)19(33)3-4-20(34)35/h1-2,9-12,15,24H,3-8H2,(H,28,30)(H,34,35). The molecule has 1 saturated heterocycles. The van der Waals surface area contributed by atoms with Gasteiger partial charge in [0.1, 0.15) is 5.82 Å². The third kappa shape index (κ3) is 4.83. The number of carbonyl (C=O) groups is 2. The number of anilines is 1. The number of amides is 1. The Morgan fingerprint density at radius 2 is 1.94 bits per heavy atom. The summed E-state index contributed by atoms with van der Waals surface area (Å²) < 4.78 is 21.8. The molecule has 9 nitrogen and oxygen atoms in total. The second-order valence-electron chi connectivity index (χ2n) is 8.68. The number of rotatable bonds is 6. The van der Waals surface area contributed by atoms with Crippen molar-refractivity contribution in [1.82, 2.24) is 19.7 Å². The fraction of sp³-hybridized carbons (Fsp3) is 0.333. The minimum Gasteiger partial charge on any atom is -0.481 e. The zero-order valence-corrected chi connectivity index (χ0v) is 20.5. The van der Waals surface area contributed by atoms with Crippen LogP contribution in [0.4, 0.5) is 10.2 Å². The molecule has 5 rings (SSSR count). The molecule has 1 aromatic carbocycles. The lowest BCUT2D eigenvalue weighted by atomic mass is 10.0. The first-order chi connectivity index (χ1) is 17.3. The summed E-state index contributed by atoms with van der Waals surface area (Å²) in [5.74, 6) is -0.716. The van der Waals surface area contributed by atoms with E-state index in [1.165, 1.54) is 12.1 Å².